The van der Waals surface area contributed by atoms with Crippen molar-refractivity contribution in [3.63, 3.8) is 0 Å². The van der Waals surface area contributed by atoms with Crippen LogP contribution < -0.4 is 23.8 Å². The van der Waals surface area contributed by atoms with Gasteiger partial charge in [0.15, 0.2) is 0 Å². The molecule has 0 heterocycles. The van der Waals surface area contributed by atoms with Gasteiger partial charge in [-0.15, -0.1) is 0 Å². The molecule has 0 saturated heterocycles. The highest BCUT2D eigenvalue weighted by molar-refractivity contribution is 7.93. The van der Waals surface area contributed by atoms with E-state index >= 15 is 0 Å². The molecule has 4 aromatic rings. The Bertz CT molecular complexity index is 1790. The molecule has 0 aromatic heterocycles. The highest BCUT2D eigenvalue weighted by Crippen LogP contribution is 2.31. The number of carbonyl (C=O) groups excluding carboxylic acids is 1. The van der Waals surface area contributed by atoms with Gasteiger partial charge in [0.25, 0.3) is 20.0 Å². The van der Waals surface area contributed by atoms with Crippen molar-refractivity contribution in [2.45, 2.75) is 23.6 Å². The van der Waals surface area contributed by atoms with Crippen LogP contribution in [0.5, 0.6) is 11.5 Å². The second-order valence-corrected chi connectivity index (χ2v) is 12.9. The molecule has 1 amide bonds. The number of amides is 1. The van der Waals surface area contributed by atoms with Crippen LogP contribution in [0.2, 0.25) is 0 Å². The Hall–Kier alpha value is -4.55. The van der Waals surface area contributed by atoms with Crippen molar-refractivity contribution >= 4 is 43.0 Å². The van der Waals surface area contributed by atoms with Crippen molar-refractivity contribution in [1.82, 2.24) is 0 Å². The number of hydrogen-bond donors (Lipinski definition) is 2. The number of ether oxygens (including phenoxy) is 2. The standard InChI is InChI=1S/C30H31N3O7S2/c1-21-10-16-28(22(2)18-21)33(42(37,38)26-8-6-5-7-9-26)20-30(34)31-23-11-14-25(15-12-23)41(35,36)32-27-19-24(39-3)13-17-29(27)40-4/h5-19,32H,20H2,1-4H3,(H,31,34). The molecule has 10 nitrogen and oxygen atoms in total. The van der Waals surface area contributed by atoms with Crippen LogP contribution in [0.4, 0.5) is 17.1 Å². The zero-order chi connectivity index (χ0) is 30.5. The quantitative estimate of drug-likeness (QED) is 0.246. The van der Waals surface area contributed by atoms with Gasteiger partial charge in [-0.25, -0.2) is 16.8 Å². The molecule has 0 aliphatic rings. The van der Waals surface area contributed by atoms with Gasteiger partial charge >= 0.3 is 0 Å². The Morgan fingerprint density at radius 2 is 1.48 bits per heavy atom. The van der Waals surface area contributed by atoms with Crippen molar-refractivity contribution < 1.29 is 31.1 Å². The predicted octanol–water partition coefficient (Wildman–Crippen LogP) is 4.96. The highest BCUT2D eigenvalue weighted by atomic mass is 32.2. The van der Waals surface area contributed by atoms with E-state index in [0.717, 1.165) is 9.87 Å². The van der Waals surface area contributed by atoms with E-state index in [2.05, 4.69) is 10.0 Å². The molecule has 4 rings (SSSR count). The molecule has 0 atom stereocenters. The van der Waals surface area contributed by atoms with Gasteiger partial charge in [-0.05, 0) is 74.0 Å². The highest BCUT2D eigenvalue weighted by Gasteiger charge is 2.28. The average Bonchev–Trinajstić information content (AvgIpc) is 2.96. The smallest absolute Gasteiger partial charge is 0.264 e. The first-order valence-corrected chi connectivity index (χ1v) is 15.7. The number of carbonyl (C=O) groups is 1. The molecule has 0 fully saturated rings. The largest absolute Gasteiger partial charge is 0.497 e. The number of sulfonamides is 2. The monoisotopic (exact) mass is 609 g/mol. The normalized spacial score (nSPS) is 11.4. The van der Waals surface area contributed by atoms with Crippen LogP contribution in [-0.4, -0.2) is 43.5 Å². The SMILES string of the molecule is COc1ccc(OC)c(NS(=O)(=O)c2ccc(NC(=O)CN(c3ccc(C)cc3C)S(=O)(=O)c3ccccc3)cc2)c1. The van der Waals surface area contributed by atoms with Crippen LogP contribution in [0.15, 0.2) is 101 Å². The maximum absolute atomic E-state index is 13.6. The minimum Gasteiger partial charge on any atom is -0.497 e. The van der Waals surface area contributed by atoms with E-state index in [1.165, 1.54) is 56.7 Å². The van der Waals surface area contributed by atoms with Crippen LogP contribution >= 0.6 is 0 Å². The van der Waals surface area contributed by atoms with Gasteiger partial charge < -0.3 is 14.8 Å². The molecule has 2 N–H and O–H groups in total. The van der Waals surface area contributed by atoms with Crippen molar-refractivity contribution in [2.75, 3.05) is 35.1 Å². The van der Waals surface area contributed by atoms with Crippen molar-refractivity contribution in [3.05, 3.63) is 102 Å². The van der Waals surface area contributed by atoms with Crippen LogP contribution in [0, 0.1) is 13.8 Å². The first-order valence-electron chi connectivity index (χ1n) is 12.7. The molecule has 12 heteroatoms. The van der Waals surface area contributed by atoms with E-state index in [4.69, 9.17) is 9.47 Å². The lowest BCUT2D eigenvalue weighted by Crippen LogP contribution is -2.38. The number of hydrogen-bond acceptors (Lipinski definition) is 7. The first-order chi connectivity index (χ1) is 19.9. The average molecular weight is 610 g/mol. The van der Waals surface area contributed by atoms with Crippen LogP contribution in [0.1, 0.15) is 11.1 Å². The number of anilines is 3. The summed E-state index contributed by atoms with van der Waals surface area (Å²) in [7, 11) is -5.21. The Balaban J connectivity index is 1.55. The Morgan fingerprint density at radius 1 is 0.786 bits per heavy atom. The summed E-state index contributed by atoms with van der Waals surface area (Å²) in [5.74, 6) is 0.141. The van der Waals surface area contributed by atoms with Crippen molar-refractivity contribution in [3.8, 4) is 11.5 Å². The first kappa shape index (κ1) is 30.4. The maximum atomic E-state index is 13.6. The van der Waals surface area contributed by atoms with E-state index in [1.54, 1.807) is 49.4 Å². The van der Waals surface area contributed by atoms with Gasteiger partial charge in [0, 0.05) is 11.8 Å². The molecule has 0 aliphatic heterocycles. The fourth-order valence-corrected chi connectivity index (χ4v) is 6.82. The molecule has 0 unspecified atom stereocenters. The zero-order valence-corrected chi connectivity index (χ0v) is 25.1. The summed E-state index contributed by atoms with van der Waals surface area (Å²) in [5.41, 5.74) is 2.50. The van der Waals surface area contributed by atoms with Gasteiger partial charge in [-0.1, -0.05) is 35.9 Å². The number of methoxy groups -OCH3 is 2. The summed E-state index contributed by atoms with van der Waals surface area (Å²) < 4.78 is 67.2. The predicted molar refractivity (Wildman–Crippen MR) is 162 cm³/mol. The van der Waals surface area contributed by atoms with E-state index in [-0.39, 0.29) is 21.2 Å². The van der Waals surface area contributed by atoms with Crippen molar-refractivity contribution in [1.29, 1.82) is 0 Å². The number of nitrogens with zero attached hydrogens (tertiary/aromatic N) is 1. The third kappa shape index (κ3) is 6.84. The lowest BCUT2D eigenvalue weighted by atomic mass is 10.1. The molecule has 0 aliphatic carbocycles. The fraction of sp³-hybridized carbons (Fsp3) is 0.167. The lowest BCUT2D eigenvalue weighted by molar-refractivity contribution is -0.114. The van der Waals surface area contributed by atoms with E-state index in [9.17, 15) is 21.6 Å². The summed E-state index contributed by atoms with van der Waals surface area (Å²) in [4.78, 5) is 13.1. The Kier molecular flexibility index (Phi) is 9.08. The number of benzene rings is 4. The van der Waals surface area contributed by atoms with Gasteiger partial charge in [-0.2, -0.15) is 0 Å². The molecular formula is C30H31N3O7S2. The van der Waals surface area contributed by atoms with Crippen LogP contribution in [0.25, 0.3) is 0 Å². The van der Waals surface area contributed by atoms with Crippen molar-refractivity contribution in [2.24, 2.45) is 0 Å². The Morgan fingerprint density at radius 3 is 2.10 bits per heavy atom. The fourth-order valence-electron chi connectivity index (χ4n) is 4.25. The molecule has 0 spiro atoms. The van der Waals surface area contributed by atoms with E-state index in [0.29, 0.717) is 22.7 Å². The second-order valence-electron chi connectivity index (χ2n) is 9.36. The summed E-state index contributed by atoms with van der Waals surface area (Å²) in [6, 6.07) is 23.4. The Labute approximate surface area is 246 Å². The van der Waals surface area contributed by atoms with Gasteiger partial charge in [-0.3, -0.25) is 13.8 Å². The minimum atomic E-state index is -4.08. The van der Waals surface area contributed by atoms with Gasteiger partial charge in [0.05, 0.1) is 35.4 Å². The number of aryl methyl sites for hydroxylation is 2. The van der Waals surface area contributed by atoms with E-state index in [1.807, 2.05) is 13.0 Å². The molecular weight excluding hydrogens is 578 g/mol. The number of nitrogens with one attached hydrogen (secondary N) is 2. The number of rotatable bonds is 11. The van der Waals surface area contributed by atoms with Crippen LogP contribution in [0.3, 0.4) is 0 Å². The van der Waals surface area contributed by atoms with Crippen LogP contribution in [-0.2, 0) is 24.8 Å². The molecule has 42 heavy (non-hydrogen) atoms. The summed E-state index contributed by atoms with van der Waals surface area (Å²) in [6.07, 6.45) is 0. The molecule has 220 valence electrons. The molecule has 0 bridgehead atoms. The third-order valence-corrected chi connectivity index (χ3v) is 9.49. The topological polar surface area (TPSA) is 131 Å². The van der Waals surface area contributed by atoms with Gasteiger partial charge in [0.1, 0.15) is 18.0 Å². The zero-order valence-electron chi connectivity index (χ0n) is 23.5. The summed E-state index contributed by atoms with van der Waals surface area (Å²) >= 11 is 0. The van der Waals surface area contributed by atoms with Gasteiger partial charge in [0.2, 0.25) is 5.91 Å². The summed E-state index contributed by atoms with van der Waals surface area (Å²) in [6.45, 7) is 3.17. The second kappa shape index (κ2) is 12.5. The van der Waals surface area contributed by atoms with E-state index < -0.39 is 32.5 Å². The summed E-state index contributed by atoms with van der Waals surface area (Å²) in [5, 5.41) is 2.66. The minimum absolute atomic E-state index is 0.0486. The lowest BCUT2D eigenvalue weighted by Gasteiger charge is -2.26. The molecule has 0 saturated carbocycles. The maximum Gasteiger partial charge on any atom is 0.264 e. The molecule has 0 radical (unpaired) electrons. The molecule has 4 aromatic carbocycles. The third-order valence-electron chi connectivity index (χ3n) is 6.34.